The van der Waals surface area contributed by atoms with E-state index in [1.807, 2.05) is 0 Å². The first-order chi connectivity index (χ1) is 13.9. The maximum atomic E-state index is 12.5. The first kappa shape index (κ1) is 21.4. The van der Waals surface area contributed by atoms with E-state index in [2.05, 4.69) is 20.8 Å². The van der Waals surface area contributed by atoms with Gasteiger partial charge in [0.25, 0.3) is 0 Å². The lowest BCUT2D eigenvalue weighted by Gasteiger charge is -2.60. The number of ketones is 1. The zero-order chi connectivity index (χ0) is 20.6. The summed E-state index contributed by atoms with van der Waals surface area (Å²) in [7, 11) is 0. The van der Waals surface area contributed by atoms with Gasteiger partial charge in [-0.3, -0.25) is 9.59 Å². The van der Waals surface area contributed by atoms with E-state index in [9.17, 15) is 9.59 Å². The minimum absolute atomic E-state index is 0.0385. The molecule has 4 fully saturated rings. The van der Waals surface area contributed by atoms with Gasteiger partial charge in [-0.2, -0.15) is 0 Å². The molecule has 0 aromatic rings. The maximum absolute atomic E-state index is 12.5. The second-order valence-corrected chi connectivity index (χ2v) is 11.3. The Balaban J connectivity index is 1.41. The van der Waals surface area contributed by atoms with Crippen LogP contribution in [-0.2, 0) is 14.3 Å². The Kier molecular flexibility index (Phi) is 6.15. The van der Waals surface area contributed by atoms with Crippen LogP contribution in [0.2, 0.25) is 0 Å². The highest BCUT2D eigenvalue weighted by Crippen LogP contribution is 2.66. The summed E-state index contributed by atoms with van der Waals surface area (Å²) >= 11 is 0. The summed E-state index contributed by atoms with van der Waals surface area (Å²) in [6, 6.07) is 0. The van der Waals surface area contributed by atoms with Crippen molar-refractivity contribution in [3.8, 4) is 0 Å². The van der Waals surface area contributed by atoms with Crippen LogP contribution in [0.4, 0.5) is 0 Å². The largest absolute Gasteiger partial charge is 0.462 e. The van der Waals surface area contributed by atoms with E-state index in [-0.39, 0.29) is 17.5 Å². The molecule has 0 aromatic carbocycles. The van der Waals surface area contributed by atoms with Crippen LogP contribution >= 0.6 is 0 Å². The fourth-order valence-corrected chi connectivity index (χ4v) is 8.10. The molecule has 0 saturated heterocycles. The number of esters is 1. The average molecular weight is 403 g/mol. The smallest absolute Gasteiger partial charge is 0.306 e. The number of ether oxygens (including phenoxy) is 1. The monoisotopic (exact) mass is 402 g/mol. The summed E-state index contributed by atoms with van der Waals surface area (Å²) < 4.78 is 6.11. The fraction of sp³-hybridized carbons (Fsp3) is 0.923. The van der Waals surface area contributed by atoms with Gasteiger partial charge in [0.15, 0.2) is 0 Å². The fourth-order valence-electron chi connectivity index (χ4n) is 8.10. The SMILES string of the molecule is CCCCCCC(=O)O[C@H]1CC[C@H]2[C@@H]3CC[C@H]4CC(=O)CC[C@]4(C)[C@H]3CC[C@]12C. The van der Waals surface area contributed by atoms with E-state index in [1.165, 1.54) is 44.9 Å². The first-order valence-electron chi connectivity index (χ1n) is 12.6. The van der Waals surface area contributed by atoms with Crippen molar-refractivity contribution in [2.75, 3.05) is 0 Å². The van der Waals surface area contributed by atoms with E-state index in [4.69, 9.17) is 4.74 Å². The Bertz CT molecular complexity index is 627. The van der Waals surface area contributed by atoms with Crippen molar-refractivity contribution in [3.05, 3.63) is 0 Å². The van der Waals surface area contributed by atoms with E-state index in [0.717, 1.165) is 50.4 Å². The molecule has 0 radical (unpaired) electrons. The number of rotatable bonds is 6. The highest BCUT2D eigenvalue weighted by Gasteiger charge is 2.61. The van der Waals surface area contributed by atoms with Gasteiger partial charge in [-0.25, -0.2) is 0 Å². The summed E-state index contributed by atoms with van der Waals surface area (Å²) in [5, 5.41) is 0. The average Bonchev–Trinajstić information content (AvgIpc) is 3.02. The highest BCUT2D eigenvalue weighted by atomic mass is 16.5. The van der Waals surface area contributed by atoms with Gasteiger partial charge < -0.3 is 4.74 Å². The molecular weight excluding hydrogens is 360 g/mol. The molecule has 0 aromatic heterocycles. The zero-order valence-electron chi connectivity index (χ0n) is 19.0. The summed E-state index contributed by atoms with van der Waals surface area (Å²) in [5.41, 5.74) is 0.542. The van der Waals surface area contributed by atoms with Gasteiger partial charge in [0.2, 0.25) is 0 Å². The predicted octanol–water partition coefficient (Wildman–Crippen LogP) is 6.48. The molecule has 0 amide bonds. The summed E-state index contributed by atoms with van der Waals surface area (Å²) in [6.07, 6.45) is 15.3. The van der Waals surface area contributed by atoms with Crippen molar-refractivity contribution in [2.45, 2.75) is 117 Å². The zero-order valence-corrected chi connectivity index (χ0v) is 19.0. The normalized spacial score (nSPS) is 44.0. The van der Waals surface area contributed by atoms with Gasteiger partial charge in [-0.05, 0) is 80.5 Å². The number of unbranched alkanes of at least 4 members (excludes halogenated alkanes) is 3. The van der Waals surface area contributed by atoms with Crippen LogP contribution < -0.4 is 0 Å². The number of hydrogen-bond acceptors (Lipinski definition) is 3. The maximum Gasteiger partial charge on any atom is 0.306 e. The molecule has 4 rings (SSSR count). The Morgan fingerprint density at radius 1 is 0.966 bits per heavy atom. The summed E-state index contributed by atoms with van der Waals surface area (Å²) in [4.78, 5) is 24.5. The number of fused-ring (bicyclic) bond motifs is 5. The highest BCUT2D eigenvalue weighted by molar-refractivity contribution is 5.79. The van der Waals surface area contributed by atoms with Crippen LogP contribution in [0.15, 0.2) is 0 Å². The van der Waals surface area contributed by atoms with Crippen molar-refractivity contribution in [2.24, 2.45) is 34.5 Å². The van der Waals surface area contributed by atoms with Gasteiger partial charge in [-0.15, -0.1) is 0 Å². The molecule has 0 unspecified atom stereocenters. The Labute approximate surface area is 177 Å². The van der Waals surface area contributed by atoms with E-state index >= 15 is 0 Å². The lowest BCUT2D eigenvalue weighted by Crippen LogP contribution is -2.54. The lowest BCUT2D eigenvalue weighted by atomic mass is 9.45. The molecule has 4 saturated carbocycles. The third kappa shape index (κ3) is 3.81. The summed E-state index contributed by atoms with van der Waals surface area (Å²) in [5.74, 6) is 3.41. The molecule has 0 aliphatic heterocycles. The van der Waals surface area contributed by atoms with Crippen LogP contribution in [0.25, 0.3) is 0 Å². The van der Waals surface area contributed by atoms with E-state index in [0.29, 0.717) is 29.5 Å². The number of carbonyl (C=O) groups excluding carboxylic acids is 2. The Morgan fingerprint density at radius 3 is 2.55 bits per heavy atom. The lowest BCUT2D eigenvalue weighted by molar-refractivity contribution is -0.164. The van der Waals surface area contributed by atoms with Crippen LogP contribution in [0.5, 0.6) is 0 Å². The minimum Gasteiger partial charge on any atom is -0.462 e. The molecule has 164 valence electrons. The Morgan fingerprint density at radius 2 is 1.76 bits per heavy atom. The van der Waals surface area contributed by atoms with Crippen LogP contribution in [0, 0.1) is 34.5 Å². The summed E-state index contributed by atoms with van der Waals surface area (Å²) in [6.45, 7) is 7.13. The molecule has 29 heavy (non-hydrogen) atoms. The van der Waals surface area contributed by atoms with E-state index in [1.54, 1.807) is 0 Å². The molecule has 0 bridgehead atoms. The molecular formula is C26H42O3. The molecule has 4 aliphatic rings. The molecule has 0 spiro atoms. The second kappa shape index (κ2) is 8.35. The van der Waals surface area contributed by atoms with Gasteiger partial charge in [0.05, 0.1) is 0 Å². The van der Waals surface area contributed by atoms with Crippen molar-refractivity contribution < 1.29 is 14.3 Å². The van der Waals surface area contributed by atoms with Crippen molar-refractivity contribution in [1.82, 2.24) is 0 Å². The Hall–Kier alpha value is -0.860. The number of hydrogen-bond donors (Lipinski definition) is 0. The van der Waals surface area contributed by atoms with Crippen LogP contribution in [-0.4, -0.2) is 17.9 Å². The van der Waals surface area contributed by atoms with Gasteiger partial charge in [0, 0.05) is 24.7 Å². The van der Waals surface area contributed by atoms with Crippen molar-refractivity contribution in [1.29, 1.82) is 0 Å². The standard InChI is InChI=1S/C26H42O3/c1-4-5-6-7-8-24(28)29-23-12-11-21-20-10-9-18-17-19(27)13-15-25(18,2)22(20)14-16-26(21,23)3/h18,20-23H,4-17H2,1-3H3/t18-,20-,21-,22-,23-,25-,26-/m0/s1. The van der Waals surface area contributed by atoms with Crippen LogP contribution in [0.1, 0.15) is 111 Å². The molecule has 3 heteroatoms. The molecule has 3 nitrogen and oxygen atoms in total. The third-order valence-electron chi connectivity index (χ3n) is 9.90. The van der Waals surface area contributed by atoms with E-state index < -0.39 is 0 Å². The molecule has 0 N–H and O–H groups in total. The number of carbonyl (C=O) groups is 2. The van der Waals surface area contributed by atoms with Gasteiger partial charge in [0.1, 0.15) is 11.9 Å². The second-order valence-electron chi connectivity index (χ2n) is 11.3. The minimum atomic E-state index is 0.0385. The third-order valence-corrected chi connectivity index (χ3v) is 9.90. The quantitative estimate of drug-likeness (QED) is 0.377. The predicted molar refractivity (Wildman–Crippen MR) is 115 cm³/mol. The molecule has 7 atom stereocenters. The van der Waals surface area contributed by atoms with Crippen molar-refractivity contribution >= 4 is 11.8 Å². The van der Waals surface area contributed by atoms with Gasteiger partial charge in [-0.1, -0.05) is 40.0 Å². The van der Waals surface area contributed by atoms with Crippen LogP contribution in [0.3, 0.4) is 0 Å². The topological polar surface area (TPSA) is 43.4 Å². The number of Topliss-reactive ketones (excluding diaryl/α,β-unsaturated/α-hetero) is 1. The molecule has 4 aliphatic carbocycles. The van der Waals surface area contributed by atoms with Gasteiger partial charge >= 0.3 is 5.97 Å². The first-order valence-corrected chi connectivity index (χ1v) is 12.6. The van der Waals surface area contributed by atoms with Crippen molar-refractivity contribution in [3.63, 3.8) is 0 Å². The molecule has 0 heterocycles.